The number of oxazole rings is 1. The van der Waals surface area contributed by atoms with Crippen LogP contribution in [0.1, 0.15) is 50.0 Å². The zero-order chi connectivity index (χ0) is 16.9. The maximum absolute atomic E-state index is 12.6. The van der Waals surface area contributed by atoms with E-state index in [2.05, 4.69) is 23.6 Å². The number of hydrogen-bond acceptors (Lipinski definition) is 4. The molecule has 1 heterocycles. The average molecular weight is 346 g/mol. The lowest BCUT2D eigenvalue weighted by Crippen LogP contribution is -2.29. The third-order valence-corrected chi connectivity index (χ3v) is 6.75. The highest BCUT2D eigenvalue weighted by Crippen LogP contribution is 2.59. The maximum Gasteiger partial charge on any atom is 0.240 e. The Hall–Kier alpha value is -1.66. The van der Waals surface area contributed by atoms with Crippen molar-refractivity contribution in [1.82, 2.24) is 9.71 Å². The first kappa shape index (κ1) is 15.8. The quantitative estimate of drug-likeness (QED) is 0.924. The van der Waals surface area contributed by atoms with Crippen molar-refractivity contribution in [3.63, 3.8) is 0 Å². The SMILES string of the molecule is CC1(C)[C@H](NS(=O)(=O)c2ccccc2)[C@@H]1c1nc2c(o1)CCCC2. The molecule has 1 N–H and O–H groups in total. The molecule has 1 saturated carbocycles. The van der Waals surface area contributed by atoms with Crippen LogP contribution in [0.5, 0.6) is 0 Å². The normalized spacial score (nSPS) is 25.2. The fraction of sp³-hybridized carbons (Fsp3) is 0.500. The Kier molecular flexibility index (Phi) is 3.58. The Morgan fingerprint density at radius 2 is 1.88 bits per heavy atom. The average Bonchev–Trinajstić information content (AvgIpc) is 2.92. The Labute approximate surface area is 142 Å². The number of aryl methyl sites for hydroxylation is 2. The Morgan fingerprint density at radius 1 is 1.17 bits per heavy atom. The van der Waals surface area contributed by atoms with Crippen molar-refractivity contribution in [1.29, 1.82) is 0 Å². The van der Waals surface area contributed by atoms with E-state index in [9.17, 15) is 8.42 Å². The van der Waals surface area contributed by atoms with Gasteiger partial charge in [-0.3, -0.25) is 0 Å². The lowest BCUT2D eigenvalue weighted by molar-refractivity contribution is 0.424. The molecule has 0 amide bonds. The third-order valence-electron chi connectivity index (χ3n) is 5.29. The highest BCUT2D eigenvalue weighted by Gasteiger charge is 2.62. The predicted molar refractivity (Wildman–Crippen MR) is 90.2 cm³/mol. The first-order valence-corrected chi connectivity index (χ1v) is 9.94. The van der Waals surface area contributed by atoms with Gasteiger partial charge < -0.3 is 4.42 Å². The molecule has 1 fully saturated rings. The lowest BCUT2D eigenvalue weighted by atomic mass is 10.0. The van der Waals surface area contributed by atoms with Gasteiger partial charge in [0.2, 0.25) is 10.0 Å². The van der Waals surface area contributed by atoms with E-state index in [0.29, 0.717) is 5.89 Å². The van der Waals surface area contributed by atoms with E-state index in [1.54, 1.807) is 30.3 Å². The van der Waals surface area contributed by atoms with Gasteiger partial charge in [-0.15, -0.1) is 0 Å². The number of aromatic nitrogens is 1. The molecule has 1 aromatic heterocycles. The number of hydrogen-bond donors (Lipinski definition) is 1. The smallest absolute Gasteiger partial charge is 0.240 e. The molecule has 2 atom stereocenters. The van der Waals surface area contributed by atoms with Crippen molar-refractivity contribution < 1.29 is 12.8 Å². The van der Waals surface area contributed by atoms with E-state index in [4.69, 9.17) is 4.42 Å². The van der Waals surface area contributed by atoms with Crippen molar-refractivity contribution in [2.45, 2.75) is 56.4 Å². The minimum Gasteiger partial charge on any atom is -0.445 e. The summed E-state index contributed by atoms with van der Waals surface area (Å²) in [5.74, 6) is 1.66. The van der Waals surface area contributed by atoms with Crippen LogP contribution in [0, 0.1) is 5.41 Å². The molecule has 5 nitrogen and oxygen atoms in total. The molecule has 24 heavy (non-hydrogen) atoms. The highest BCUT2D eigenvalue weighted by molar-refractivity contribution is 7.89. The molecule has 2 aliphatic rings. The van der Waals surface area contributed by atoms with E-state index >= 15 is 0 Å². The van der Waals surface area contributed by atoms with Crippen molar-refractivity contribution in [2.75, 3.05) is 0 Å². The summed E-state index contributed by atoms with van der Waals surface area (Å²) in [6.45, 7) is 4.11. The molecule has 0 saturated heterocycles. The second-order valence-electron chi connectivity index (χ2n) is 7.34. The van der Waals surface area contributed by atoms with Gasteiger partial charge in [-0.2, -0.15) is 0 Å². The Morgan fingerprint density at radius 3 is 2.58 bits per heavy atom. The molecule has 0 spiro atoms. The minimum atomic E-state index is -3.53. The van der Waals surface area contributed by atoms with Crippen LogP contribution < -0.4 is 4.72 Å². The molecule has 0 bridgehead atoms. The van der Waals surface area contributed by atoms with Gasteiger partial charge in [0.1, 0.15) is 5.76 Å². The summed E-state index contributed by atoms with van der Waals surface area (Å²) < 4.78 is 34.0. The summed E-state index contributed by atoms with van der Waals surface area (Å²) in [4.78, 5) is 4.95. The van der Waals surface area contributed by atoms with E-state index in [-0.39, 0.29) is 22.3 Å². The number of benzene rings is 1. The topological polar surface area (TPSA) is 72.2 Å². The van der Waals surface area contributed by atoms with Crippen LogP contribution in [0.4, 0.5) is 0 Å². The predicted octanol–water partition coefficient (Wildman–Crippen LogP) is 3.02. The number of nitrogens with zero attached hydrogens (tertiary/aromatic N) is 1. The molecule has 0 radical (unpaired) electrons. The molecular formula is C18H22N2O3S. The van der Waals surface area contributed by atoms with E-state index in [1.165, 1.54) is 0 Å². The van der Waals surface area contributed by atoms with Gasteiger partial charge in [-0.25, -0.2) is 18.1 Å². The first-order chi connectivity index (χ1) is 11.4. The van der Waals surface area contributed by atoms with Crippen LogP contribution in [-0.2, 0) is 22.9 Å². The molecule has 2 aromatic rings. The number of rotatable bonds is 4. The molecular weight excluding hydrogens is 324 g/mol. The second-order valence-corrected chi connectivity index (χ2v) is 9.05. The number of sulfonamides is 1. The number of nitrogens with one attached hydrogen (secondary N) is 1. The van der Waals surface area contributed by atoms with Crippen LogP contribution in [0.15, 0.2) is 39.6 Å². The van der Waals surface area contributed by atoms with Gasteiger partial charge in [-0.05, 0) is 36.8 Å². The molecule has 6 heteroatoms. The first-order valence-electron chi connectivity index (χ1n) is 8.45. The van der Waals surface area contributed by atoms with Crippen LogP contribution >= 0.6 is 0 Å². The van der Waals surface area contributed by atoms with Crippen LogP contribution in [0.2, 0.25) is 0 Å². The summed E-state index contributed by atoms with van der Waals surface area (Å²) >= 11 is 0. The summed E-state index contributed by atoms with van der Waals surface area (Å²) in [7, 11) is -3.53. The van der Waals surface area contributed by atoms with Crippen molar-refractivity contribution >= 4 is 10.0 Å². The van der Waals surface area contributed by atoms with Gasteiger partial charge in [0, 0.05) is 12.5 Å². The second kappa shape index (κ2) is 5.43. The molecule has 128 valence electrons. The zero-order valence-electron chi connectivity index (χ0n) is 14.0. The summed E-state index contributed by atoms with van der Waals surface area (Å²) in [5, 5.41) is 0. The fourth-order valence-electron chi connectivity index (χ4n) is 3.66. The van der Waals surface area contributed by atoms with Crippen molar-refractivity contribution in [2.24, 2.45) is 5.41 Å². The molecule has 4 rings (SSSR count). The van der Waals surface area contributed by atoms with Gasteiger partial charge >= 0.3 is 0 Å². The largest absolute Gasteiger partial charge is 0.445 e. The monoisotopic (exact) mass is 346 g/mol. The lowest BCUT2D eigenvalue weighted by Gasteiger charge is -2.07. The third kappa shape index (κ3) is 2.58. The molecule has 0 unspecified atom stereocenters. The van der Waals surface area contributed by atoms with Crippen molar-refractivity contribution in [3.8, 4) is 0 Å². The Bertz CT molecular complexity index is 832. The zero-order valence-corrected chi connectivity index (χ0v) is 14.8. The van der Waals surface area contributed by atoms with Crippen LogP contribution in [-0.4, -0.2) is 19.4 Å². The minimum absolute atomic E-state index is 0.0124. The van der Waals surface area contributed by atoms with E-state index in [0.717, 1.165) is 37.1 Å². The maximum atomic E-state index is 12.6. The summed E-state index contributed by atoms with van der Waals surface area (Å²) in [5.41, 5.74) is 0.860. The van der Waals surface area contributed by atoms with E-state index < -0.39 is 10.0 Å². The van der Waals surface area contributed by atoms with Crippen LogP contribution in [0.25, 0.3) is 0 Å². The van der Waals surface area contributed by atoms with Gasteiger partial charge in [0.15, 0.2) is 5.89 Å². The summed E-state index contributed by atoms with van der Waals surface area (Å²) in [6.07, 6.45) is 4.19. The summed E-state index contributed by atoms with van der Waals surface area (Å²) in [6, 6.07) is 8.29. The van der Waals surface area contributed by atoms with Gasteiger partial charge in [0.25, 0.3) is 0 Å². The van der Waals surface area contributed by atoms with Gasteiger partial charge in [0.05, 0.1) is 16.5 Å². The fourth-order valence-corrected chi connectivity index (χ4v) is 5.08. The van der Waals surface area contributed by atoms with E-state index in [1.807, 2.05) is 0 Å². The molecule has 0 aliphatic heterocycles. The molecule has 2 aliphatic carbocycles. The highest BCUT2D eigenvalue weighted by atomic mass is 32.2. The van der Waals surface area contributed by atoms with Gasteiger partial charge in [-0.1, -0.05) is 32.0 Å². The standard InChI is InChI=1S/C18H22N2O3S/c1-18(2)15(17-19-13-10-6-7-11-14(13)23-17)16(18)20-24(21,22)12-8-4-3-5-9-12/h3-5,8-9,15-16,20H,6-7,10-11H2,1-2H3/t15-,16-/m1/s1. The Balaban J connectivity index is 1.58. The van der Waals surface area contributed by atoms with Crippen LogP contribution in [0.3, 0.4) is 0 Å². The van der Waals surface area contributed by atoms with Crippen molar-refractivity contribution in [3.05, 3.63) is 47.7 Å². The molecule has 1 aromatic carbocycles. The number of fused-ring (bicyclic) bond motifs is 1.